The van der Waals surface area contributed by atoms with E-state index in [4.69, 9.17) is 14.2 Å². The van der Waals surface area contributed by atoms with Crippen molar-refractivity contribution in [2.24, 2.45) is 5.92 Å². The SMILES string of the molecule is C[C@@H](Nc1ncnc2c1cc(C1(C#N)CCS(=O)(=O)CC1)c(=O)n2CCCCCC1OCCO1)c1cccc(C(F)(F)CC2CCN(C(=O)OC(C)(C)C)CC2)c1F. The van der Waals surface area contributed by atoms with Crippen molar-refractivity contribution in [1.29, 1.82) is 5.26 Å². The third kappa shape index (κ3) is 9.94. The minimum atomic E-state index is -3.50. The van der Waals surface area contributed by atoms with E-state index in [2.05, 4.69) is 21.4 Å². The zero-order valence-electron chi connectivity index (χ0n) is 33.6. The van der Waals surface area contributed by atoms with E-state index in [0.29, 0.717) is 44.3 Å². The standard InChI is InChI=1S/C41H53F3N6O7S/c1-27(29-9-8-10-31(34(29)42)41(43,44)24-28-12-17-49(18-13-28)38(52)57-39(2,3)4)48-35-30-23-32(40(25-45)14-21-58(53,54)22-15-40)37(51)50(36(30)47-26-46-35)16-7-5-6-11-33-55-19-20-56-33/h8-10,23,26-28,33H,5-7,11-22,24H2,1-4H3,(H,46,47,48)/t27-/m1/s1. The molecule has 1 amide bonds. The maximum atomic E-state index is 16.2. The van der Waals surface area contributed by atoms with Crippen LogP contribution in [0.5, 0.6) is 0 Å². The Labute approximate surface area is 337 Å². The fourth-order valence-corrected chi connectivity index (χ4v) is 9.60. The molecule has 6 rings (SSSR count). The molecule has 0 radical (unpaired) electrons. The summed E-state index contributed by atoms with van der Waals surface area (Å²) in [5, 5.41) is 14.0. The molecule has 0 spiro atoms. The summed E-state index contributed by atoms with van der Waals surface area (Å²) in [5.41, 5.74) is -2.89. The number of piperidine rings is 1. The number of fused-ring (bicyclic) bond motifs is 1. The minimum absolute atomic E-state index is 0.0292. The highest BCUT2D eigenvalue weighted by molar-refractivity contribution is 7.91. The maximum absolute atomic E-state index is 16.2. The fourth-order valence-electron chi connectivity index (χ4n) is 8.07. The number of nitrogens with zero attached hydrogens (tertiary/aromatic N) is 5. The molecule has 3 aliphatic heterocycles. The maximum Gasteiger partial charge on any atom is 0.410 e. The van der Waals surface area contributed by atoms with Gasteiger partial charge in [0.2, 0.25) is 0 Å². The van der Waals surface area contributed by atoms with Crippen LogP contribution in [0.3, 0.4) is 0 Å². The number of hydrogen-bond donors (Lipinski definition) is 1. The number of nitrogens with one attached hydrogen (secondary N) is 1. The van der Waals surface area contributed by atoms with Gasteiger partial charge in [0.05, 0.1) is 53.2 Å². The van der Waals surface area contributed by atoms with E-state index in [1.54, 1.807) is 27.7 Å². The number of benzene rings is 1. The van der Waals surface area contributed by atoms with Gasteiger partial charge in [-0.2, -0.15) is 5.26 Å². The first-order valence-corrected chi connectivity index (χ1v) is 21.9. The van der Waals surface area contributed by atoms with Crippen molar-refractivity contribution in [1.82, 2.24) is 19.4 Å². The highest BCUT2D eigenvalue weighted by Crippen LogP contribution is 2.41. The summed E-state index contributed by atoms with van der Waals surface area (Å²) >= 11 is 0. The largest absolute Gasteiger partial charge is 0.444 e. The number of aryl methyl sites for hydroxylation is 1. The van der Waals surface area contributed by atoms with Crippen molar-refractivity contribution in [2.45, 2.75) is 121 Å². The summed E-state index contributed by atoms with van der Waals surface area (Å²) in [6.45, 7) is 8.77. The molecule has 3 saturated heterocycles. The van der Waals surface area contributed by atoms with E-state index in [9.17, 15) is 23.3 Å². The van der Waals surface area contributed by atoms with Crippen molar-refractivity contribution in [3.8, 4) is 6.07 Å². The van der Waals surface area contributed by atoms with E-state index in [-0.39, 0.29) is 72.9 Å². The predicted octanol–water partition coefficient (Wildman–Crippen LogP) is 7.14. The summed E-state index contributed by atoms with van der Waals surface area (Å²) in [7, 11) is -3.38. The summed E-state index contributed by atoms with van der Waals surface area (Å²) in [4.78, 5) is 37.1. The Bertz CT molecular complexity index is 2160. The molecule has 3 aromatic rings. The van der Waals surface area contributed by atoms with Gasteiger partial charge in [0.15, 0.2) is 6.29 Å². The van der Waals surface area contributed by atoms with E-state index in [1.165, 1.54) is 34.0 Å². The molecule has 17 heteroatoms. The number of halogens is 3. The fraction of sp³-hybridized carbons (Fsp3) is 0.634. The average Bonchev–Trinajstić information content (AvgIpc) is 3.69. The Morgan fingerprint density at radius 1 is 1.10 bits per heavy atom. The molecular weight excluding hydrogens is 778 g/mol. The van der Waals surface area contributed by atoms with Gasteiger partial charge in [-0.1, -0.05) is 24.6 Å². The van der Waals surface area contributed by atoms with Crippen LogP contribution in [0.4, 0.5) is 23.8 Å². The van der Waals surface area contributed by atoms with Gasteiger partial charge in [0.25, 0.3) is 11.5 Å². The van der Waals surface area contributed by atoms with Gasteiger partial charge in [-0.3, -0.25) is 9.36 Å². The molecule has 58 heavy (non-hydrogen) atoms. The van der Waals surface area contributed by atoms with Gasteiger partial charge in [0.1, 0.15) is 39.0 Å². The number of likely N-dealkylation sites (tertiary alicyclic amines) is 1. The molecule has 0 unspecified atom stereocenters. The zero-order valence-corrected chi connectivity index (χ0v) is 34.4. The second kappa shape index (κ2) is 17.5. The summed E-state index contributed by atoms with van der Waals surface area (Å²) in [6.07, 6.45) is 3.28. The Balaban J connectivity index is 1.24. The Kier molecular flexibility index (Phi) is 13.1. The molecular formula is C41H53F3N6O7S. The molecule has 3 fully saturated rings. The van der Waals surface area contributed by atoms with Crippen molar-refractivity contribution in [3.63, 3.8) is 0 Å². The lowest BCUT2D eigenvalue weighted by Crippen LogP contribution is -2.42. The van der Waals surface area contributed by atoms with Crippen molar-refractivity contribution < 1.29 is 40.6 Å². The van der Waals surface area contributed by atoms with Crippen LogP contribution in [0.25, 0.3) is 11.0 Å². The van der Waals surface area contributed by atoms with Crippen LogP contribution < -0.4 is 10.9 Å². The third-order valence-electron chi connectivity index (χ3n) is 11.4. The topological polar surface area (TPSA) is 166 Å². The van der Waals surface area contributed by atoms with Crippen molar-refractivity contribution in [3.05, 3.63) is 63.5 Å². The summed E-state index contributed by atoms with van der Waals surface area (Å²) in [6, 6.07) is 6.79. The van der Waals surface area contributed by atoms with Crippen molar-refractivity contribution >= 4 is 32.8 Å². The predicted molar refractivity (Wildman–Crippen MR) is 211 cm³/mol. The number of nitriles is 1. The van der Waals surface area contributed by atoms with Crippen LogP contribution in [-0.4, -0.2) is 83.6 Å². The Morgan fingerprint density at radius 3 is 2.45 bits per heavy atom. The van der Waals surface area contributed by atoms with Gasteiger partial charge in [-0.25, -0.2) is 36.4 Å². The smallest absolute Gasteiger partial charge is 0.410 e. The van der Waals surface area contributed by atoms with Crippen LogP contribution in [0.2, 0.25) is 0 Å². The average molecular weight is 831 g/mol. The highest BCUT2D eigenvalue weighted by atomic mass is 32.2. The molecule has 3 aliphatic rings. The Morgan fingerprint density at radius 2 is 1.79 bits per heavy atom. The summed E-state index contributed by atoms with van der Waals surface area (Å²) in [5.74, 6) is -5.31. The highest BCUT2D eigenvalue weighted by Gasteiger charge is 2.43. The van der Waals surface area contributed by atoms with Gasteiger partial charge >= 0.3 is 6.09 Å². The van der Waals surface area contributed by atoms with Gasteiger partial charge in [0, 0.05) is 37.2 Å². The molecule has 316 valence electrons. The number of rotatable bonds is 13. The lowest BCUT2D eigenvalue weighted by atomic mass is 9.77. The third-order valence-corrected chi connectivity index (χ3v) is 13.0. The molecule has 1 aromatic carbocycles. The van der Waals surface area contributed by atoms with Crippen LogP contribution in [-0.2, 0) is 41.9 Å². The van der Waals surface area contributed by atoms with Crippen LogP contribution in [0.15, 0.2) is 35.4 Å². The van der Waals surface area contributed by atoms with Crippen LogP contribution >= 0.6 is 0 Å². The number of alkyl halides is 2. The monoisotopic (exact) mass is 830 g/mol. The number of carbonyl (C=O) groups is 1. The molecule has 0 aliphatic carbocycles. The van der Waals surface area contributed by atoms with Gasteiger partial charge < -0.3 is 24.4 Å². The number of aromatic nitrogens is 3. The first-order valence-electron chi connectivity index (χ1n) is 20.1. The van der Waals surface area contributed by atoms with Crippen LogP contribution in [0, 0.1) is 23.1 Å². The number of pyridine rings is 1. The number of ether oxygens (including phenoxy) is 3. The molecule has 0 bridgehead atoms. The first kappa shape index (κ1) is 43.3. The van der Waals surface area contributed by atoms with Gasteiger partial charge in [-0.15, -0.1) is 0 Å². The Hall–Kier alpha value is -4.27. The molecule has 2 aromatic heterocycles. The number of amides is 1. The van der Waals surface area contributed by atoms with E-state index in [0.717, 1.165) is 18.9 Å². The molecule has 1 N–H and O–H groups in total. The molecule has 1 atom stereocenters. The van der Waals surface area contributed by atoms with Crippen LogP contribution in [0.1, 0.15) is 108 Å². The lowest BCUT2D eigenvalue weighted by molar-refractivity contribution is -0.0480. The minimum Gasteiger partial charge on any atom is -0.444 e. The van der Waals surface area contributed by atoms with E-state index < -0.39 is 68.2 Å². The quantitative estimate of drug-likeness (QED) is 0.174. The molecule has 13 nitrogen and oxygen atoms in total. The lowest BCUT2D eigenvalue weighted by Gasteiger charge is -2.34. The first-order chi connectivity index (χ1) is 27.4. The normalized spacial score (nSPS) is 19.5. The van der Waals surface area contributed by atoms with E-state index in [1.807, 2.05) is 0 Å². The van der Waals surface area contributed by atoms with E-state index >= 15 is 13.2 Å². The van der Waals surface area contributed by atoms with Gasteiger partial charge in [-0.05, 0) is 84.6 Å². The zero-order chi connectivity index (χ0) is 41.9. The molecule has 0 saturated carbocycles. The number of hydrogen-bond acceptors (Lipinski definition) is 11. The second-order valence-electron chi connectivity index (χ2n) is 16.7. The number of sulfone groups is 1. The number of anilines is 1. The summed E-state index contributed by atoms with van der Waals surface area (Å²) < 4.78 is 90.8. The molecule has 5 heterocycles. The second-order valence-corrected chi connectivity index (χ2v) is 19.0. The number of unbranched alkanes of at least 4 members (excludes halogenated alkanes) is 2. The number of carbonyl (C=O) groups excluding carboxylic acids is 1. The van der Waals surface area contributed by atoms with Crippen molar-refractivity contribution in [2.75, 3.05) is 43.1 Å².